The van der Waals surface area contributed by atoms with Crippen molar-refractivity contribution in [1.29, 1.82) is 0 Å². The number of benzene rings is 7. The van der Waals surface area contributed by atoms with Crippen LogP contribution >= 0.6 is 0 Å². The molecule has 286 valence electrons. The standard InChI is InChI=1S/C47H36N4O7/c1-30(52)31-5-17-39(18-6-31)56-40-19-7-32(8-20-40)45(53)49-36-11-23-43(24-12-36)58-44-27-15-38(16-28-44)51-47(55)34-4-2-3-33(29-34)46(54)50-37-13-25-42(26-14-37)57-41-21-9-35(48)10-22-41/h2-29H,48H2,1H3,(H,49,53)(H,50,54)(H,51,55). The number of carbonyl (C=O) groups is 4. The second-order valence-corrected chi connectivity index (χ2v) is 13.0. The van der Waals surface area contributed by atoms with E-state index in [0.29, 0.717) is 79.5 Å². The summed E-state index contributed by atoms with van der Waals surface area (Å²) in [6.07, 6.45) is 0. The average Bonchev–Trinajstić information content (AvgIpc) is 3.24. The van der Waals surface area contributed by atoms with Gasteiger partial charge in [-0.1, -0.05) is 6.07 Å². The van der Waals surface area contributed by atoms with Crippen molar-refractivity contribution in [2.45, 2.75) is 6.92 Å². The molecule has 0 heterocycles. The normalized spacial score (nSPS) is 10.5. The minimum atomic E-state index is -0.383. The maximum atomic E-state index is 13.1. The molecule has 0 spiro atoms. The van der Waals surface area contributed by atoms with Gasteiger partial charge >= 0.3 is 0 Å². The number of hydrogen-bond acceptors (Lipinski definition) is 8. The quantitative estimate of drug-likeness (QED) is 0.0666. The summed E-state index contributed by atoms with van der Waals surface area (Å²) in [4.78, 5) is 50.5. The van der Waals surface area contributed by atoms with Crippen molar-refractivity contribution in [2.75, 3.05) is 21.7 Å². The van der Waals surface area contributed by atoms with Gasteiger partial charge in [0.25, 0.3) is 17.7 Å². The predicted molar refractivity (Wildman–Crippen MR) is 224 cm³/mol. The Labute approximate surface area is 334 Å². The Bertz CT molecular complexity index is 2560. The van der Waals surface area contributed by atoms with Gasteiger partial charge in [0, 0.05) is 45.0 Å². The number of Topliss-reactive ketones (excluding diaryl/α,β-unsaturated/α-hetero) is 1. The number of amides is 3. The highest BCUT2D eigenvalue weighted by Crippen LogP contribution is 2.27. The molecule has 0 radical (unpaired) electrons. The molecule has 0 atom stereocenters. The van der Waals surface area contributed by atoms with Gasteiger partial charge in [-0.15, -0.1) is 0 Å². The van der Waals surface area contributed by atoms with Gasteiger partial charge in [0.05, 0.1) is 0 Å². The van der Waals surface area contributed by atoms with Gasteiger partial charge in [0.1, 0.15) is 34.5 Å². The van der Waals surface area contributed by atoms with E-state index in [2.05, 4.69) is 16.0 Å². The topological polar surface area (TPSA) is 158 Å². The number of ketones is 1. The molecule has 5 N–H and O–H groups in total. The molecular formula is C47H36N4O7. The Hall–Kier alpha value is -8.18. The van der Waals surface area contributed by atoms with E-state index in [1.807, 2.05) is 0 Å². The zero-order valence-corrected chi connectivity index (χ0v) is 31.1. The summed E-state index contributed by atoms with van der Waals surface area (Å²) in [5, 5.41) is 8.56. The zero-order chi connectivity index (χ0) is 40.4. The largest absolute Gasteiger partial charge is 0.457 e. The third-order valence-electron chi connectivity index (χ3n) is 8.69. The first-order chi connectivity index (χ1) is 28.1. The number of nitrogens with two attached hydrogens (primary N) is 1. The van der Waals surface area contributed by atoms with E-state index in [0.717, 1.165) is 0 Å². The molecule has 0 aromatic heterocycles. The Kier molecular flexibility index (Phi) is 11.5. The number of hydrogen-bond donors (Lipinski definition) is 4. The zero-order valence-electron chi connectivity index (χ0n) is 31.1. The number of nitrogens with one attached hydrogen (secondary N) is 3. The first-order valence-electron chi connectivity index (χ1n) is 18.1. The summed E-state index contributed by atoms with van der Waals surface area (Å²) in [5.41, 5.74) is 9.73. The van der Waals surface area contributed by atoms with Gasteiger partial charge in [-0.2, -0.15) is 0 Å². The predicted octanol–water partition coefficient (Wildman–Crippen LogP) is 10.6. The number of rotatable bonds is 13. The number of nitrogen functional groups attached to an aromatic ring is 1. The minimum absolute atomic E-state index is 0.0210. The van der Waals surface area contributed by atoms with Crippen LogP contribution in [-0.4, -0.2) is 23.5 Å². The van der Waals surface area contributed by atoms with Crippen LogP contribution in [0.1, 0.15) is 48.4 Å². The molecule has 7 rings (SSSR count). The first kappa shape index (κ1) is 38.1. The summed E-state index contributed by atoms with van der Waals surface area (Å²) < 4.78 is 17.6. The van der Waals surface area contributed by atoms with Gasteiger partial charge in [-0.05, 0) is 171 Å². The highest BCUT2D eigenvalue weighted by Gasteiger charge is 2.13. The van der Waals surface area contributed by atoms with Crippen molar-refractivity contribution >= 4 is 46.3 Å². The summed E-state index contributed by atoms with van der Waals surface area (Å²) in [6.45, 7) is 1.51. The molecule has 0 unspecified atom stereocenters. The smallest absolute Gasteiger partial charge is 0.255 e. The number of carbonyl (C=O) groups excluding carboxylic acids is 4. The van der Waals surface area contributed by atoms with Crippen molar-refractivity contribution in [3.63, 3.8) is 0 Å². The van der Waals surface area contributed by atoms with Gasteiger partial charge in [0.2, 0.25) is 0 Å². The first-order valence-corrected chi connectivity index (χ1v) is 18.1. The highest BCUT2D eigenvalue weighted by molar-refractivity contribution is 6.09. The van der Waals surface area contributed by atoms with E-state index >= 15 is 0 Å². The lowest BCUT2D eigenvalue weighted by Gasteiger charge is -2.11. The van der Waals surface area contributed by atoms with Crippen molar-refractivity contribution in [3.05, 3.63) is 192 Å². The fourth-order valence-electron chi connectivity index (χ4n) is 5.61. The fraction of sp³-hybridized carbons (Fsp3) is 0.0213. The highest BCUT2D eigenvalue weighted by atomic mass is 16.5. The molecule has 0 aliphatic heterocycles. The number of anilines is 4. The fourth-order valence-corrected chi connectivity index (χ4v) is 5.61. The van der Waals surface area contributed by atoms with E-state index in [1.54, 1.807) is 164 Å². The van der Waals surface area contributed by atoms with Crippen LogP contribution in [0.2, 0.25) is 0 Å². The van der Waals surface area contributed by atoms with Crippen LogP contribution in [0.15, 0.2) is 170 Å². The Balaban J connectivity index is 0.873. The molecule has 0 bridgehead atoms. The summed E-state index contributed by atoms with van der Waals surface area (Å²) in [6, 6.07) is 47.8. The van der Waals surface area contributed by atoms with E-state index in [-0.39, 0.29) is 23.5 Å². The van der Waals surface area contributed by atoms with Crippen LogP contribution in [0.3, 0.4) is 0 Å². The molecule has 0 saturated carbocycles. The number of ether oxygens (including phenoxy) is 3. The van der Waals surface area contributed by atoms with Gasteiger partial charge in [-0.25, -0.2) is 0 Å². The second kappa shape index (κ2) is 17.5. The maximum absolute atomic E-state index is 13.1. The van der Waals surface area contributed by atoms with Crippen LogP contribution in [0.5, 0.6) is 34.5 Å². The Morgan fingerprint density at radius 2 is 0.672 bits per heavy atom. The monoisotopic (exact) mass is 768 g/mol. The summed E-state index contributed by atoms with van der Waals surface area (Å²) >= 11 is 0. The molecule has 7 aromatic carbocycles. The molecule has 0 aliphatic carbocycles. The van der Waals surface area contributed by atoms with Crippen molar-refractivity contribution < 1.29 is 33.4 Å². The third kappa shape index (κ3) is 10.1. The Morgan fingerprint density at radius 1 is 0.379 bits per heavy atom. The maximum Gasteiger partial charge on any atom is 0.255 e. The van der Waals surface area contributed by atoms with Gasteiger partial charge < -0.3 is 35.9 Å². The van der Waals surface area contributed by atoms with Crippen LogP contribution in [-0.2, 0) is 0 Å². The van der Waals surface area contributed by atoms with E-state index in [4.69, 9.17) is 19.9 Å². The molecule has 58 heavy (non-hydrogen) atoms. The third-order valence-corrected chi connectivity index (χ3v) is 8.69. The summed E-state index contributed by atoms with van der Waals surface area (Å²) in [5.74, 6) is 2.39. The molecule has 11 heteroatoms. The average molecular weight is 769 g/mol. The van der Waals surface area contributed by atoms with Crippen LogP contribution in [0.4, 0.5) is 22.7 Å². The lowest BCUT2D eigenvalue weighted by Crippen LogP contribution is -2.15. The minimum Gasteiger partial charge on any atom is -0.457 e. The van der Waals surface area contributed by atoms with Crippen molar-refractivity contribution in [3.8, 4) is 34.5 Å². The second-order valence-electron chi connectivity index (χ2n) is 13.0. The molecule has 11 nitrogen and oxygen atoms in total. The van der Waals surface area contributed by atoms with E-state index < -0.39 is 0 Å². The van der Waals surface area contributed by atoms with E-state index in [1.165, 1.54) is 13.0 Å². The van der Waals surface area contributed by atoms with Crippen molar-refractivity contribution in [1.82, 2.24) is 0 Å². The van der Waals surface area contributed by atoms with Gasteiger partial charge in [0.15, 0.2) is 5.78 Å². The summed E-state index contributed by atoms with van der Waals surface area (Å²) in [7, 11) is 0. The van der Waals surface area contributed by atoms with E-state index in [9.17, 15) is 19.2 Å². The molecule has 7 aromatic rings. The van der Waals surface area contributed by atoms with Gasteiger partial charge in [-0.3, -0.25) is 19.2 Å². The van der Waals surface area contributed by atoms with Crippen molar-refractivity contribution in [2.24, 2.45) is 0 Å². The van der Waals surface area contributed by atoms with Crippen LogP contribution in [0, 0.1) is 0 Å². The SMILES string of the molecule is CC(=O)c1ccc(Oc2ccc(C(=O)Nc3ccc(Oc4ccc(NC(=O)c5cccc(C(=O)Nc6ccc(Oc7ccc(N)cc7)cc6)c5)cc4)cc3)cc2)cc1. The molecule has 0 saturated heterocycles. The molecular weight excluding hydrogens is 733 g/mol. The van der Waals surface area contributed by atoms with Crippen LogP contribution < -0.4 is 35.9 Å². The molecule has 0 fully saturated rings. The van der Waals surface area contributed by atoms with Crippen LogP contribution in [0.25, 0.3) is 0 Å². The lowest BCUT2D eigenvalue weighted by molar-refractivity contribution is 0.101. The Morgan fingerprint density at radius 3 is 1.02 bits per heavy atom. The molecule has 3 amide bonds. The molecule has 0 aliphatic rings. The lowest BCUT2D eigenvalue weighted by atomic mass is 10.1.